The van der Waals surface area contributed by atoms with Crippen LogP contribution in [0.2, 0.25) is 0 Å². The number of aliphatic carboxylic acids is 1. The normalized spacial score (nSPS) is 10.9. The molecule has 106 valence electrons. The van der Waals surface area contributed by atoms with Crippen LogP contribution in [-0.2, 0) is 11.3 Å². The molecule has 0 radical (unpaired) electrons. The Morgan fingerprint density at radius 2 is 2.05 bits per heavy atom. The minimum Gasteiger partial charge on any atom is -0.481 e. The second-order valence-electron chi connectivity index (χ2n) is 4.99. The molecule has 0 aliphatic carbocycles. The van der Waals surface area contributed by atoms with Crippen LogP contribution < -0.4 is 0 Å². The van der Waals surface area contributed by atoms with Gasteiger partial charge in [-0.1, -0.05) is 55.9 Å². The zero-order valence-corrected chi connectivity index (χ0v) is 12.4. The van der Waals surface area contributed by atoms with Gasteiger partial charge in [-0.25, -0.2) is 0 Å². The van der Waals surface area contributed by atoms with Gasteiger partial charge >= 0.3 is 5.97 Å². The fourth-order valence-corrected chi connectivity index (χ4v) is 2.61. The van der Waals surface area contributed by atoms with E-state index in [4.69, 9.17) is 5.11 Å². The Hall–Kier alpha value is -1.75. The summed E-state index contributed by atoms with van der Waals surface area (Å²) >= 11 is 1.31. The van der Waals surface area contributed by atoms with E-state index in [0.717, 1.165) is 22.8 Å². The molecule has 0 saturated carbocycles. The van der Waals surface area contributed by atoms with Crippen LogP contribution in [0.5, 0.6) is 0 Å². The molecule has 0 aliphatic heterocycles. The Morgan fingerprint density at radius 3 is 2.65 bits per heavy atom. The first-order chi connectivity index (χ1) is 9.56. The molecule has 1 N–H and O–H groups in total. The molecule has 1 heterocycles. The van der Waals surface area contributed by atoms with Crippen molar-refractivity contribution in [3.63, 3.8) is 0 Å². The molecule has 2 aromatic rings. The summed E-state index contributed by atoms with van der Waals surface area (Å²) in [5, 5.41) is 14.3. The van der Waals surface area contributed by atoms with Gasteiger partial charge in [-0.05, 0) is 12.0 Å². The molecular weight excluding hydrogens is 272 g/mol. The van der Waals surface area contributed by atoms with E-state index in [2.05, 4.69) is 18.9 Å². The summed E-state index contributed by atoms with van der Waals surface area (Å²) in [5.41, 5.74) is 1.94. The Kier molecular flexibility index (Phi) is 4.84. The summed E-state index contributed by atoms with van der Waals surface area (Å²) in [5.74, 6) is -0.297. The third kappa shape index (κ3) is 3.87. The van der Waals surface area contributed by atoms with E-state index in [0.29, 0.717) is 5.92 Å². The summed E-state index contributed by atoms with van der Waals surface area (Å²) in [6.45, 7) is 5.03. The summed E-state index contributed by atoms with van der Waals surface area (Å²) in [6.07, 6.45) is 0. The average Bonchev–Trinajstić information content (AvgIpc) is 2.80. The van der Waals surface area contributed by atoms with Gasteiger partial charge in [0, 0.05) is 12.1 Å². The molecule has 1 aromatic carbocycles. The smallest absolute Gasteiger partial charge is 0.313 e. The van der Waals surface area contributed by atoms with Gasteiger partial charge in [-0.3, -0.25) is 9.48 Å². The average molecular weight is 290 g/mol. The Balaban J connectivity index is 2.28. The zero-order chi connectivity index (χ0) is 14.5. The van der Waals surface area contributed by atoms with Crippen molar-refractivity contribution < 1.29 is 9.90 Å². The number of carboxylic acid groups (broad SMARTS) is 1. The number of carboxylic acids is 1. The molecule has 0 amide bonds. The van der Waals surface area contributed by atoms with Gasteiger partial charge < -0.3 is 5.11 Å². The lowest BCUT2D eigenvalue weighted by molar-refractivity contribution is -0.133. The number of rotatable bonds is 6. The molecule has 0 spiro atoms. The zero-order valence-electron chi connectivity index (χ0n) is 11.6. The Bertz CT molecular complexity index is 579. The van der Waals surface area contributed by atoms with Gasteiger partial charge in [-0.15, -0.1) is 0 Å². The minimum atomic E-state index is -0.812. The third-order valence-electron chi connectivity index (χ3n) is 2.69. The first-order valence-electron chi connectivity index (χ1n) is 6.54. The molecule has 20 heavy (non-hydrogen) atoms. The second kappa shape index (κ2) is 6.61. The second-order valence-corrected chi connectivity index (χ2v) is 5.99. The maximum atomic E-state index is 10.7. The molecule has 0 unspecified atom stereocenters. The van der Waals surface area contributed by atoms with Crippen molar-refractivity contribution in [3.8, 4) is 11.3 Å². The largest absolute Gasteiger partial charge is 0.481 e. The van der Waals surface area contributed by atoms with E-state index in [1.54, 1.807) is 0 Å². The van der Waals surface area contributed by atoms with Crippen LogP contribution in [-0.4, -0.2) is 26.6 Å². The highest BCUT2D eigenvalue weighted by Gasteiger charge is 2.12. The molecule has 0 atom stereocenters. The minimum absolute atomic E-state index is 0.0536. The molecule has 0 fully saturated rings. The van der Waals surface area contributed by atoms with E-state index in [9.17, 15) is 4.79 Å². The molecule has 4 nitrogen and oxygen atoms in total. The van der Waals surface area contributed by atoms with E-state index in [-0.39, 0.29) is 5.75 Å². The highest BCUT2D eigenvalue weighted by atomic mass is 32.2. The topological polar surface area (TPSA) is 55.1 Å². The highest BCUT2D eigenvalue weighted by molar-refractivity contribution is 7.99. The molecule has 0 aliphatic rings. The lowest BCUT2D eigenvalue weighted by Gasteiger charge is -2.08. The SMILES string of the molecule is CC(C)Cn1nc(-c2ccccc2)cc1SCC(=O)O. The van der Waals surface area contributed by atoms with E-state index < -0.39 is 5.97 Å². The number of carbonyl (C=O) groups is 1. The van der Waals surface area contributed by atoms with Gasteiger partial charge in [0.05, 0.1) is 16.5 Å². The van der Waals surface area contributed by atoms with Gasteiger partial charge in [0.1, 0.15) is 0 Å². The van der Waals surface area contributed by atoms with E-state index in [1.165, 1.54) is 11.8 Å². The number of aromatic nitrogens is 2. The van der Waals surface area contributed by atoms with E-state index >= 15 is 0 Å². The molecule has 2 rings (SSSR count). The van der Waals surface area contributed by atoms with E-state index in [1.807, 2.05) is 41.1 Å². The van der Waals surface area contributed by atoms with Gasteiger partial charge in [0.15, 0.2) is 0 Å². The van der Waals surface area contributed by atoms with Crippen molar-refractivity contribution in [1.82, 2.24) is 9.78 Å². The molecule has 0 bridgehead atoms. The van der Waals surface area contributed by atoms with Crippen molar-refractivity contribution in [2.45, 2.75) is 25.4 Å². The molecule has 0 saturated heterocycles. The van der Waals surface area contributed by atoms with Crippen LogP contribution in [0.15, 0.2) is 41.4 Å². The summed E-state index contributed by atoms with van der Waals surface area (Å²) in [6, 6.07) is 11.9. The van der Waals surface area contributed by atoms with Crippen LogP contribution in [0.1, 0.15) is 13.8 Å². The molecule has 1 aromatic heterocycles. The number of nitrogens with zero attached hydrogens (tertiary/aromatic N) is 2. The number of benzene rings is 1. The van der Waals surface area contributed by atoms with Crippen LogP contribution >= 0.6 is 11.8 Å². The van der Waals surface area contributed by atoms with Crippen LogP contribution in [0.25, 0.3) is 11.3 Å². The monoisotopic (exact) mass is 290 g/mol. The Morgan fingerprint density at radius 1 is 1.35 bits per heavy atom. The lowest BCUT2D eigenvalue weighted by atomic mass is 10.2. The first kappa shape index (κ1) is 14.7. The maximum absolute atomic E-state index is 10.7. The quantitative estimate of drug-likeness (QED) is 0.829. The van der Waals surface area contributed by atoms with Gasteiger partial charge in [-0.2, -0.15) is 5.10 Å². The molecule has 5 heteroatoms. The summed E-state index contributed by atoms with van der Waals surface area (Å²) < 4.78 is 1.90. The standard InChI is InChI=1S/C15H18N2O2S/c1-11(2)9-17-14(20-10-15(18)19)8-13(16-17)12-6-4-3-5-7-12/h3-8,11H,9-10H2,1-2H3,(H,18,19). The third-order valence-corrected chi connectivity index (χ3v) is 3.71. The van der Waals surface area contributed by atoms with Crippen molar-refractivity contribution in [2.24, 2.45) is 5.92 Å². The van der Waals surface area contributed by atoms with Crippen molar-refractivity contribution in [2.75, 3.05) is 5.75 Å². The van der Waals surface area contributed by atoms with Crippen molar-refractivity contribution in [3.05, 3.63) is 36.4 Å². The first-order valence-corrected chi connectivity index (χ1v) is 7.52. The summed E-state index contributed by atoms with van der Waals surface area (Å²) in [7, 11) is 0. The van der Waals surface area contributed by atoms with Crippen LogP contribution in [0.4, 0.5) is 0 Å². The highest BCUT2D eigenvalue weighted by Crippen LogP contribution is 2.26. The Labute approximate surface area is 122 Å². The fraction of sp³-hybridized carbons (Fsp3) is 0.333. The fourth-order valence-electron chi connectivity index (χ4n) is 1.88. The predicted octanol–water partition coefficient (Wildman–Crippen LogP) is 3.38. The maximum Gasteiger partial charge on any atom is 0.313 e. The van der Waals surface area contributed by atoms with Gasteiger partial charge in [0.25, 0.3) is 0 Å². The number of hydrogen-bond acceptors (Lipinski definition) is 3. The number of thioether (sulfide) groups is 1. The van der Waals surface area contributed by atoms with Crippen LogP contribution in [0.3, 0.4) is 0 Å². The lowest BCUT2D eigenvalue weighted by Crippen LogP contribution is -2.08. The van der Waals surface area contributed by atoms with Crippen molar-refractivity contribution in [1.29, 1.82) is 0 Å². The molecular formula is C15H18N2O2S. The predicted molar refractivity (Wildman–Crippen MR) is 80.9 cm³/mol. The van der Waals surface area contributed by atoms with Gasteiger partial charge in [0.2, 0.25) is 0 Å². The van der Waals surface area contributed by atoms with Crippen LogP contribution in [0, 0.1) is 5.92 Å². The summed E-state index contributed by atoms with van der Waals surface area (Å²) in [4.78, 5) is 10.7. The van der Waals surface area contributed by atoms with Crippen molar-refractivity contribution >= 4 is 17.7 Å². The number of hydrogen-bond donors (Lipinski definition) is 1.